The number of rotatable bonds is 7. The highest BCUT2D eigenvalue weighted by Gasteiger charge is 2.20. The van der Waals surface area contributed by atoms with Gasteiger partial charge in [0.1, 0.15) is 6.61 Å². The van der Waals surface area contributed by atoms with E-state index < -0.39 is 0 Å². The maximum Gasteiger partial charge on any atom is 0.246 e. The first-order chi connectivity index (χ1) is 12.7. The summed E-state index contributed by atoms with van der Waals surface area (Å²) in [5.74, 6) is -0.0305. The number of nitrogens with one attached hydrogen (secondary N) is 1. The third kappa shape index (κ3) is 6.13. The minimum absolute atomic E-state index is 0.0305. The van der Waals surface area contributed by atoms with Crippen molar-refractivity contribution in [3.8, 4) is 0 Å². The van der Waals surface area contributed by atoms with Gasteiger partial charge in [0, 0.05) is 30.7 Å². The topological polar surface area (TPSA) is 41.6 Å². The Bertz CT molecular complexity index is 683. The van der Waals surface area contributed by atoms with E-state index in [1.165, 1.54) is 5.56 Å². The number of nitrogens with zero attached hydrogens (tertiary/aromatic N) is 1. The van der Waals surface area contributed by atoms with Crippen molar-refractivity contribution in [3.05, 3.63) is 70.7 Å². The number of amides is 1. The number of carbonyl (C=O) groups excluding carboxylic acids is 1. The highest BCUT2D eigenvalue weighted by molar-refractivity contribution is 6.30. The Morgan fingerprint density at radius 3 is 2.42 bits per heavy atom. The molecule has 0 saturated carbocycles. The Kier molecular flexibility index (Phi) is 7.06. The summed E-state index contributed by atoms with van der Waals surface area (Å²) in [4.78, 5) is 14.5. The molecule has 1 heterocycles. The molecule has 0 aliphatic carbocycles. The standard InChI is InChI=1S/C21H25ClN2O2/c22-19-8-6-17(7-9-19)14-24-12-10-20(11-13-24)23-21(25)16-26-15-18-4-2-1-3-5-18/h1-9,20H,10-16H2,(H,23,25). The van der Waals surface area contributed by atoms with E-state index in [9.17, 15) is 4.79 Å². The molecule has 4 nitrogen and oxygen atoms in total. The lowest BCUT2D eigenvalue weighted by Gasteiger charge is -2.32. The van der Waals surface area contributed by atoms with Crippen LogP contribution in [-0.4, -0.2) is 36.5 Å². The predicted octanol–water partition coefficient (Wildman–Crippen LogP) is 3.64. The van der Waals surface area contributed by atoms with Gasteiger partial charge in [0.25, 0.3) is 0 Å². The lowest BCUT2D eigenvalue weighted by Crippen LogP contribution is -2.45. The van der Waals surface area contributed by atoms with Crippen LogP contribution in [0.25, 0.3) is 0 Å². The van der Waals surface area contributed by atoms with E-state index in [0.717, 1.165) is 43.1 Å². The molecule has 1 amide bonds. The van der Waals surface area contributed by atoms with Gasteiger partial charge in [-0.3, -0.25) is 9.69 Å². The third-order valence-corrected chi connectivity index (χ3v) is 4.87. The molecular weight excluding hydrogens is 348 g/mol. The number of hydrogen-bond acceptors (Lipinski definition) is 3. The van der Waals surface area contributed by atoms with Crippen LogP contribution in [0.3, 0.4) is 0 Å². The summed E-state index contributed by atoms with van der Waals surface area (Å²) < 4.78 is 5.50. The fourth-order valence-corrected chi connectivity index (χ4v) is 3.31. The molecule has 5 heteroatoms. The van der Waals surface area contributed by atoms with E-state index in [4.69, 9.17) is 16.3 Å². The van der Waals surface area contributed by atoms with Crippen LogP contribution in [-0.2, 0) is 22.7 Å². The number of benzene rings is 2. The average Bonchev–Trinajstić information content (AvgIpc) is 2.66. The molecule has 0 aromatic heterocycles. The predicted molar refractivity (Wildman–Crippen MR) is 104 cm³/mol. The second kappa shape index (κ2) is 9.72. The zero-order valence-electron chi connectivity index (χ0n) is 14.9. The van der Waals surface area contributed by atoms with Gasteiger partial charge in [-0.1, -0.05) is 54.1 Å². The molecule has 0 bridgehead atoms. The molecule has 1 fully saturated rings. The molecule has 138 valence electrons. The number of carbonyl (C=O) groups is 1. The maximum absolute atomic E-state index is 12.0. The van der Waals surface area contributed by atoms with Crippen LogP contribution < -0.4 is 5.32 Å². The van der Waals surface area contributed by atoms with Gasteiger partial charge in [-0.15, -0.1) is 0 Å². The van der Waals surface area contributed by atoms with Gasteiger partial charge in [-0.2, -0.15) is 0 Å². The molecule has 0 radical (unpaired) electrons. The second-order valence-electron chi connectivity index (χ2n) is 6.72. The molecule has 0 atom stereocenters. The van der Waals surface area contributed by atoms with Gasteiger partial charge in [0.05, 0.1) is 6.61 Å². The summed E-state index contributed by atoms with van der Waals surface area (Å²) in [5.41, 5.74) is 2.35. The number of hydrogen-bond donors (Lipinski definition) is 1. The highest BCUT2D eigenvalue weighted by Crippen LogP contribution is 2.16. The van der Waals surface area contributed by atoms with Gasteiger partial charge in [-0.25, -0.2) is 0 Å². The number of halogens is 1. The quantitative estimate of drug-likeness (QED) is 0.806. The van der Waals surface area contributed by atoms with E-state index in [0.29, 0.717) is 6.61 Å². The number of likely N-dealkylation sites (tertiary alicyclic amines) is 1. The van der Waals surface area contributed by atoms with Gasteiger partial charge >= 0.3 is 0 Å². The van der Waals surface area contributed by atoms with Crippen molar-refractivity contribution in [2.24, 2.45) is 0 Å². The molecular formula is C21H25ClN2O2. The molecule has 1 N–H and O–H groups in total. The zero-order chi connectivity index (χ0) is 18.2. The van der Waals surface area contributed by atoms with Gasteiger partial charge in [0.15, 0.2) is 0 Å². The van der Waals surface area contributed by atoms with Crippen LogP contribution in [0.1, 0.15) is 24.0 Å². The van der Waals surface area contributed by atoms with E-state index >= 15 is 0 Å². The fourth-order valence-electron chi connectivity index (χ4n) is 3.19. The Hall–Kier alpha value is -1.88. The van der Waals surface area contributed by atoms with E-state index in [-0.39, 0.29) is 18.6 Å². The Labute approximate surface area is 160 Å². The summed E-state index contributed by atoms with van der Waals surface area (Å²) in [7, 11) is 0. The first-order valence-electron chi connectivity index (χ1n) is 9.07. The molecule has 3 rings (SSSR count). The van der Waals surface area contributed by atoms with Crippen molar-refractivity contribution in [3.63, 3.8) is 0 Å². The van der Waals surface area contributed by atoms with E-state index in [2.05, 4.69) is 22.3 Å². The summed E-state index contributed by atoms with van der Waals surface area (Å²) in [6.07, 6.45) is 1.94. The minimum atomic E-state index is -0.0305. The van der Waals surface area contributed by atoms with Crippen molar-refractivity contribution >= 4 is 17.5 Å². The Morgan fingerprint density at radius 2 is 1.73 bits per heavy atom. The van der Waals surface area contributed by atoms with Crippen LogP contribution >= 0.6 is 11.6 Å². The summed E-state index contributed by atoms with van der Waals surface area (Å²) in [6.45, 7) is 3.47. The summed E-state index contributed by atoms with van der Waals surface area (Å²) >= 11 is 5.93. The van der Waals surface area contributed by atoms with Crippen LogP contribution in [0, 0.1) is 0 Å². The number of ether oxygens (including phenoxy) is 1. The monoisotopic (exact) mass is 372 g/mol. The van der Waals surface area contributed by atoms with Crippen LogP contribution in [0.4, 0.5) is 0 Å². The smallest absolute Gasteiger partial charge is 0.246 e. The van der Waals surface area contributed by atoms with Crippen LogP contribution in [0.15, 0.2) is 54.6 Å². The SMILES string of the molecule is O=C(COCc1ccccc1)NC1CCN(Cc2ccc(Cl)cc2)CC1. The van der Waals surface area contributed by atoms with E-state index in [1.807, 2.05) is 42.5 Å². The third-order valence-electron chi connectivity index (χ3n) is 4.62. The molecule has 1 aliphatic rings. The molecule has 1 saturated heterocycles. The Morgan fingerprint density at radius 1 is 1.04 bits per heavy atom. The van der Waals surface area contributed by atoms with Gasteiger partial charge in [0.2, 0.25) is 5.91 Å². The lowest BCUT2D eigenvalue weighted by atomic mass is 10.0. The van der Waals surface area contributed by atoms with Crippen molar-refractivity contribution in [1.29, 1.82) is 0 Å². The summed E-state index contributed by atoms with van der Waals surface area (Å²) in [5, 5.41) is 3.86. The molecule has 2 aromatic carbocycles. The highest BCUT2D eigenvalue weighted by atomic mass is 35.5. The van der Waals surface area contributed by atoms with Crippen molar-refractivity contribution in [2.45, 2.75) is 32.0 Å². The van der Waals surface area contributed by atoms with Crippen molar-refractivity contribution in [2.75, 3.05) is 19.7 Å². The molecule has 1 aliphatic heterocycles. The Balaban J connectivity index is 1.33. The molecule has 2 aromatic rings. The molecule has 0 unspecified atom stereocenters. The largest absolute Gasteiger partial charge is 0.367 e. The zero-order valence-corrected chi connectivity index (χ0v) is 15.6. The van der Waals surface area contributed by atoms with Gasteiger partial charge in [-0.05, 0) is 36.1 Å². The minimum Gasteiger partial charge on any atom is -0.367 e. The van der Waals surface area contributed by atoms with Crippen molar-refractivity contribution < 1.29 is 9.53 Å². The van der Waals surface area contributed by atoms with Gasteiger partial charge < -0.3 is 10.1 Å². The van der Waals surface area contributed by atoms with Crippen LogP contribution in [0.2, 0.25) is 5.02 Å². The first-order valence-corrected chi connectivity index (χ1v) is 9.44. The lowest BCUT2D eigenvalue weighted by molar-refractivity contribution is -0.127. The van der Waals surface area contributed by atoms with E-state index in [1.54, 1.807) is 0 Å². The molecule has 0 spiro atoms. The maximum atomic E-state index is 12.0. The summed E-state index contributed by atoms with van der Waals surface area (Å²) in [6, 6.07) is 18.1. The molecule has 26 heavy (non-hydrogen) atoms. The van der Waals surface area contributed by atoms with Crippen LogP contribution in [0.5, 0.6) is 0 Å². The second-order valence-corrected chi connectivity index (χ2v) is 7.16. The fraction of sp³-hybridized carbons (Fsp3) is 0.381. The normalized spacial score (nSPS) is 15.7. The average molecular weight is 373 g/mol. The first kappa shape index (κ1) is 18.9. The number of piperidine rings is 1. The van der Waals surface area contributed by atoms with Crippen molar-refractivity contribution in [1.82, 2.24) is 10.2 Å².